The number of benzene rings is 1. The van der Waals surface area contributed by atoms with Gasteiger partial charge in [-0.15, -0.1) is 0 Å². The van der Waals surface area contributed by atoms with Crippen molar-refractivity contribution in [3.8, 4) is 0 Å². The second kappa shape index (κ2) is 5.03. The van der Waals surface area contributed by atoms with Crippen LogP contribution in [0.1, 0.15) is 12.8 Å². The van der Waals surface area contributed by atoms with E-state index in [1.807, 2.05) is 18.2 Å². The molecule has 0 amide bonds. The first-order valence-corrected chi connectivity index (χ1v) is 7.41. The number of nitrogens with one attached hydrogen (secondary N) is 1. The lowest BCUT2D eigenvalue weighted by Crippen LogP contribution is -2.36. The number of likely N-dealkylation sites (tertiary alicyclic amines) is 1. The maximum absolute atomic E-state index is 5.97. The minimum atomic E-state index is 0.553. The molecular weight excluding hydrogens is 266 g/mol. The first-order valence-electron chi connectivity index (χ1n) is 6.22. The van der Waals surface area contributed by atoms with Crippen molar-refractivity contribution in [1.82, 2.24) is 9.88 Å². The Balaban J connectivity index is 1.74. The first-order chi connectivity index (χ1) is 8.70. The van der Waals surface area contributed by atoms with E-state index in [1.54, 1.807) is 11.3 Å². The monoisotopic (exact) mass is 281 g/mol. The van der Waals surface area contributed by atoms with Gasteiger partial charge in [0.1, 0.15) is 0 Å². The summed E-state index contributed by atoms with van der Waals surface area (Å²) in [5.74, 6) is 0. The van der Waals surface area contributed by atoms with Crippen LogP contribution >= 0.6 is 22.9 Å². The van der Waals surface area contributed by atoms with Gasteiger partial charge in [-0.05, 0) is 51.2 Å². The minimum absolute atomic E-state index is 0.553. The van der Waals surface area contributed by atoms with Gasteiger partial charge in [-0.3, -0.25) is 0 Å². The van der Waals surface area contributed by atoms with E-state index >= 15 is 0 Å². The number of piperidine rings is 1. The molecule has 3 nitrogen and oxygen atoms in total. The highest BCUT2D eigenvalue weighted by molar-refractivity contribution is 7.22. The number of hydrogen-bond donors (Lipinski definition) is 1. The van der Waals surface area contributed by atoms with Crippen LogP contribution in [0.5, 0.6) is 0 Å². The van der Waals surface area contributed by atoms with E-state index < -0.39 is 0 Å². The predicted molar refractivity (Wildman–Crippen MR) is 78.8 cm³/mol. The van der Waals surface area contributed by atoms with Crippen LogP contribution in [-0.4, -0.2) is 36.1 Å². The Kier molecular flexibility index (Phi) is 3.41. The molecule has 0 atom stereocenters. The fourth-order valence-electron chi connectivity index (χ4n) is 2.29. The fraction of sp³-hybridized carbons (Fsp3) is 0.462. The number of rotatable bonds is 2. The van der Waals surface area contributed by atoms with Crippen molar-refractivity contribution in [1.29, 1.82) is 0 Å². The van der Waals surface area contributed by atoms with Crippen molar-refractivity contribution < 1.29 is 0 Å². The summed E-state index contributed by atoms with van der Waals surface area (Å²) in [6.07, 6.45) is 2.38. The van der Waals surface area contributed by atoms with Crippen LogP contribution in [-0.2, 0) is 0 Å². The van der Waals surface area contributed by atoms with Crippen LogP contribution in [0.15, 0.2) is 18.2 Å². The van der Waals surface area contributed by atoms with Crippen molar-refractivity contribution >= 4 is 38.3 Å². The van der Waals surface area contributed by atoms with Crippen LogP contribution in [0.2, 0.25) is 5.02 Å². The average molecular weight is 282 g/mol. The molecule has 1 aliphatic heterocycles. The van der Waals surface area contributed by atoms with Gasteiger partial charge >= 0.3 is 0 Å². The molecule has 0 radical (unpaired) electrons. The Labute approximate surface area is 116 Å². The molecule has 0 bridgehead atoms. The lowest BCUT2D eigenvalue weighted by molar-refractivity contribution is 0.264. The van der Waals surface area contributed by atoms with Crippen LogP contribution in [0.25, 0.3) is 10.2 Å². The third-order valence-electron chi connectivity index (χ3n) is 3.40. The molecule has 18 heavy (non-hydrogen) atoms. The average Bonchev–Trinajstić information content (AvgIpc) is 2.73. The molecule has 1 saturated heterocycles. The predicted octanol–water partition coefficient (Wildman–Crippen LogP) is 3.46. The molecule has 5 heteroatoms. The van der Waals surface area contributed by atoms with E-state index in [0.717, 1.165) is 28.8 Å². The SMILES string of the molecule is CN1CCC(Nc2nc3cc(Cl)ccc3s2)CC1. The van der Waals surface area contributed by atoms with Crippen molar-refractivity contribution in [2.75, 3.05) is 25.5 Å². The van der Waals surface area contributed by atoms with Gasteiger partial charge in [-0.1, -0.05) is 22.9 Å². The third-order valence-corrected chi connectivity index (χ3v) is 4.60. The van der Waals surface area contributed by atoms with Crippen molar-refractivity contribution in [2.45, 2.75) is 18.9 Å². The second-order valence-electron chi connectivity index (χ2n) is 4.85. The van der Waals surface area contributed by atoms with Crippen molar-refractivity contribution in [3.63, 3.8) is 0 Å². The Morgan fingerprint density at radius 3 is 2.94 bits per heavy atom. The first kappa shape index (κ1) is 12.2. The molecule has 0 saturated carbocycles. The summed E-state index contributed by atoms with van der Waals surface area (Å²) in [5, 5.41) is 5.31. The summed E-state index contributed by atoms with van der Waals surface area (Å²) in [4.78, 5) is 6.97. The molecule has 1 aliphatic rings. The summed E-state index contributed by atoms with van der Waals surface area (Å²) >= 11 is 7.68. The Morgan fingerprint density at radius 2 is 2.17 bits per heavy atom. The zero-order valence-corrected chi connectivity index (χ0v) is 11.9. The zero-order valence-electron chi connectivity index (χ0n) is 10.3. The normalized spacial score (nSPS) is 18.3. The number of nitrogens with zero attached hydrogens (tertiary/aromatic N) is 2. The van der Waals surface area contributed by atoms with E-state index in [1.165, 1.54) is 17.5 Å². The third kappa shape index (κ3) is 2.60. The van der Waals surface area contributed by atoms with Crippen LogP contribution in [0, 0.1) is 0 Å². The van der Waals surface area contributed by atoms with Crippen LogP contribution in [0.3, 0.4) is 0 Å². The lowest BCUT2D eigenvalue weighted by Gasteiger charge is -2.29. The summed E-state index contributed by atoms with van der Waals surface area (Å²) in [6.45, 7) is 2.32. The highest BCUT2D eigenvalue weighted by atomic mass is 35.5. The molecule has 1 fully saturated rings. The van der Waals surface area contributed by atoms with Gasteiger partial charge in [0.15, 0.2) is 5.13 Å². The highest BCUT2D eigenvalue weighted by Crippen LogP contribution is 2.29. The summed E-state index contributed by atoms with van der Waals surface area (Å²) in [5.41, 5.74) is 0.989. The van der Waals surface area contributed by atoms with Crippen LogP contribution < -0.4 is 5.32 Å². The number of fused-ring (bicyclic) bond motifs is 1. The number of aromatic nitrogens is 1. The molecule has 1 aromatic carbocycles. The van der Waals surface area contributed by atoms with Gasteiger partial charge in [0.05, 0.1) is 10.2 Å². The summed E-state index contributed by atoms with van der Waals surface area (Å²) in [7, 11) is 2.18. The van der Waals surface area contributed by atoms with Gasteiger partial charge in [-0.2, -0.15) is 0 Å². The van der Waals surface area contributed by atoms with Gasteiger partial charge in [0, 0.05) is 11.1 Å². The molecule has 96 valence electrons. The number of anilines is 1. The molecule has 2 aromatic rings. The smallest absolute Gasteiger partial charge is 0.184 e. The molecule has 0 spiro atoms. The maximum atomic E-state index is 5.97. The van der Waals surface area contributed by atoms with Gasteiger partial charge < -0.3 is 10.2 Å². The van der Waals surface area contributed by atoms with E-state index in [9.17, 15) is 0 Å². The topological polar surface area (TPSA) is 28.2 Å². The standard InChI is InChI=1S/C13H16ClN3S/c1-17-6-4-10(5-7-17)15-13-16-11-8-9(14)2-3-12(11)18-13/h2-3,8,10H,4-7H2,1H3,(H,15,16). The molecule has 0 unspecified atom stereocenters. The van der Waals surface area contributed by atoms with E-state index in [0.29, 0.717) is 6.04 Å². The molecule has 3 rings (SSSR count). The lowest BCUT2D eigenvalue weighted by atomic mass is 10.1. The van der Waals surface area contributed by atoms with Crippen molar-refractivity contribution in [2.24, 2.45) is 0 Å². The molecule has 1 N–H and O–H groups in total. The number of thiazole rings is 1. The highest BCUT2D eigenvalue weighted by Gasteiger charge is 2.17. The largest absolute Gasteiger partial charge is 0.359 e. The molecule has 1 aromatic heterocycles. The Bertz CT molecular complexity index is 546. The zero-order chi connectivity index (χ0) is 12.5. The fourth-order valence-corrected chi connectivity index (χ4v) is 3.38. The Hall–Kier alpha value is -0.840. The van der Waals surface area contributed by atoms with E-state index in [2.05, 4.69) is 22.2 Å². The van der Waals surface area contributed by atoms with E-state index in [4.69, 9.17) is 11.6 Å². The van der Waals surface area contributed by atoms with Gasteiger partial charge in [-0.25, -0.2) is 4.98 Å². The Morgan fingerprint density at radius 1 is 1.39 bits per heavy atom. The molecule has 2 heterocycles. The minimum Gasteiger partial charge on any atom is -0.359 e. The maximum Gasteiger partial charge on any atom is 0.184 e. The number of hydrogen-bond acceptors (Lipinski definition) is 4. The summed E-state index contributed by atoms with van der Waals surface area (Å²) < 4.78 is 1.19. The van der Waals surface area contributed by atoms with Gasteiger partial charge in [0.25, 0.3) is 0 Å². The van der Waals surface area contributed by atoms with E-state index in [-0.39, 0.29) is 0 Å². The second-order valence-corrected chi connectivity index (χ2v) is 6.32. The van der Waals surface area contributed by atoms with Gasteiger partial charge in [0.2, 0.25) is 0 Å². The molecular formula is C13H16ClN3S. The quantitative estimate of drug-likeness (QED) is 0.914. The van der Waals surface area contributed by atoms with Crippen LogP contribution in [0.4, 0.5) is 5.13 Å². The number of halogens is 1. The molecule has 0 aliphatic carbocycles. The van der Waals surface area contributed by atoms with Crippen molar-refractivity contribution in [3.05, 3.63) is 23.2 Å². The summed E-state index contributed by atoms with van der Waals surface area (Å²) in [6, 6.07) is 6.43.